The molecular weight excluding hydrogens is 266 g/mol. The Morgan fingerprint density at radius 3 is 2.62 bits per heavy atom. The summed E-state index contributed by atoms with van der Waals surface area (Å²) in [4.78, 5) is 4.50. The van der Waals surface area contributed by atoms with Crippen molar-refractivity contribution in [2.24, 2.45) is 5.73 Å². The van der Waals surface area contributed by atoms with Crippen LogP contribution in [0.15, 0.2) is 16.6 Å². The Morgan fingerprint density at radius 1 is 1.31 bits per heavy atom. The van der Waals surface area contributed by atoms with E-state index in [2.05, 4.69) is 26.2 Å². The number of halogens is 1. The summed E-state index contributed by atoms with van der Waals surface area (Å²) < 4.78 is 1.06. The van der Waals surface area contributed by atoms with Gasteiger partial charge in [0.2, 0.25) is 0 Å². The Balaban J connectivity index is 1.96. The molecule has 0 saturated heterocycles. The van der Waals surface area contributed by atoms with Crippen LogP contribution in [0, 0.1) is 6.92 Å². The van der Waals surface area contributed by atoms with E-state index < -0.39 is 0 Å². The summed E-state index contributed by atoms with van der Waals surface area (Å²) in [5, 5.41) is 3.48. The minimum atomic E-state index is 0.401. The minimum absolute atomic E-state index is 0.401. The lowest BCUT2D eigenvalue weighted by Gasteiger charge is -2.27. The van der Waals surface area contributed by atoms with Crippen LogP contribution < -0.4 is 11.1 Å². The van der Waals surface area contributed by atoms with Crippen LogP contribution in [0.3, 0.4) is 0 Å². The highest BCUT2D eigenvalue weighted by atomic mass is 79.9. The maximum absolute atomic E-state index is 5.88. The van der Waals surface area contributed by atoms with E-state index in [-0.39, 0.29) is 0 Å². The van der Waals surface area contributed by atoms with E-state index in [4.69, 9.17) is 5.73 Å². The average molecular weight is 284 g/mol. The Kier molecular flexibility index (Phi) is 3.82. The Hall–Kier alpha value is -0.610. The first kappa shape index (κ1) is 11.9. The highest BCUT2D eigenvalue weighted by Crippen LogP contribution is 2.22. The van der Waals surface area contributed by atoms with Crippen molar-refractivity contribution in [1.29, 1.82) is 0 Å². The second-order valence-electron chi connectivity index (χ2n) is 4.52. The summed E-state index contributed by atoms with van der Waals surface area (Å²) in [5.41, 5.74) is 6.91. The SMILES string of the molecule is Cc1nc(NC2CCC(N)CC2)ccc1Br. The fourth-order valence-electron chi connectivity index (χ4n) is 2.10. The molecule has 0 radical (unpaired) electrons. The lowest BCUT2D eigenvalue weighted by Crippen LogP contribution is -2.33. The molecule has 0 atom stereocenters. The van der Waals surface area contributed by atoms with Gasteiger partial charge < -0.3 is 11.1 Å². The molecule has 0 spiro atoms. The van der Waals surface area contributed by atoms with Gasteiger partial charge in [0.05, 0.1) is 5.69 Å². The zero-order valence-electron chi connectivity index (χ0n) is 9.54. The smallest absolute Gasteiger partial charge is 0.126 e. The normalized spacial score (nSPS) is 25.4. The molecule has 1 fully saturated rings. The van der Waals surface area contributed by atoms with Gasteiger partial charge in [-0.3, -0.25) is 0 Å². The number of hydrogen-bond donors (Lipinski definition) is 2. The highest BCUT2D eigenvalue weighted by Gasteiger charge is 2.18. The number of rotatable bonds is 2. The van der Waals surface area contributed by atoms with Gasteiger partial charge in [0.15, 0.2) is 0 Å². The summed E-state index contributed by atoms with van der Waals surface area (Å²) >= 11 is 3.46. The number of nitrogens with two attached hydrogens (primary N) is 1. The van der Waals surface area contributed by atoms with Gasteiger partial charge in [0.25, 0.3) is 0 Å². The minimum Gasteiger partial charge on any atom is -0.367 e. The zero-order chi connectivity index (χ0) is 11.5. The molecule has 4 heteroatoms. The number of pyridine rings is 1. The number of anilines is 1. The van der Waals surface area contributed by atoms with Crippen molar-refractivity contribution in [2.45, 2.75) is 44.7 Å². The molecule has 0 aliphatic heterocycles. The molecule has 1 aliphatic rings. The lowest BCUT2D eigenvalue weighted by atomic mass is 9.92. The van der Waals surface area contributed by atoms with Crippen LogP contribution in [-0.4, -0.2) is 17.1 Å². The van der Waals surface area contributed by atoms with E-state index in [1.807, 2.05) is 19.1 Å². The van der Waals surface area contributed by atoms with Crippen LogP contribution in [-0.2, 0) is 0 Å². The summed E-state index contributed by atoms with van der Waals surface area (Å²) in [6.45, 7) is 2.01. The van der Waals surface area contributed by atoms with E-state index in [1.165, 1.54) is 0 Å². The molecule has 0 amide bonds. The van der Waals surface area contributed by atoms with Gasteiger partial charge in [0, 0.05) is 16.6 Å². The monoisotopic (exact) mass is 283 g/mol. The molecule has 1 aromatic rings. The summed E-state index contributed by atoms with van der Waals surface area (Å²) in [7, 11) is 0. The van der Waals surface area contributed by atoms with Crippen molar-refractivity contribution in [3.05, 3.63) is 22.3 Å². The highest BCUT2D eigenvalue weighted by molar-refractivity contribution is 9.10. The Labute approximate surface area is 105 Å². The van der Waals surface area contributed by atoms with Gasteiger partial charge in [-0.05, 0) is 60.7 Å². The molecule has 1 heterocycles. The molecule has 3 nitrogen and oxygen atoms in total. The van der Waals surface area contributed by atoms with E-state index >= 15 is 0 Å². The van der Waals surface area contributed by atoms with Crippen molar-refractivity contribution >= 4 is 21.7 Å². The number of aryl methyl sites for hydroxylation is 1. The first-order chi connectivity index (χ1) is 7.65. The van der Waals surface area contributed by atoms with Crippen molar-refractivity contribution in [3.63, 3.8) is 0 Å². The second-order valence-corrected chi connectivity index (χ2v) is 5.37. The zero-order valence-corrected chi connectivity index (χ0v) is 11.1. The fourth-order valence-corrected chi connectivity index (χ4v) is 2.32. The van der Waals surface area contributed by atoms with Gasteiger partial charge >= 0.3 is 0 Å². The fraction of sp³-hybridized carbons (Fsp3) is 0.583. The topological polar surface area (TPSA) is 50.9 Å². The van der Waals surface area contributed by atoms with Crippen molar-refractivity contribution in [1.82, 2.24) is 4.98 Å². The molecule has 1 aromatic heterocycles. The molecule has 88 valence electrons. The van der Waals surface area contributed by atoms with E-state index in [9.17, 15) is 0 Å². The number of hydrogen-bond acceptors (Lipinski definition) is 3. The number of nitrogens with zero attached hydrogens (tertiary/aromatic N) is 1. The van der Waals surface area contributed by atoms with Crippen LogP contribution in [0.2, 0.25) is 0 Å². The van der Waals surface area contributed by atoms with Gasteiger partial charge in [0.1, 0.15) is 5.82 Å². The van der Waals surface area contributed by atoms with Gasteiger partial charge in [-0.2, -0.15) is 0 Å². The molecule has 0 unspecified atom stereocenters. The third-order valence-corrected chi connectivity index (χ3v) is 3.98. The summed E-state index contributed by atoms with van der Waals surface area (Å²) in [6, 6.07) is 5.00. The van der Waals surface area contributed by atoms with Crippen molar-refractivity contribution in [3.8, 4) is 0 Å². The van der Waals surface area contributed by atoms with E-state index in [0.29, 0.717) is 12.1 Å². The predicted octanol–water partition coefficient (Wildman–Crippen LogP) is 2.83. The standard InChI is InChI=1S/C12H18BrN3/c1-8-11(13)6-7-12(15-8)16-10-4-2-9(14)3-5-10/h6-7,9-10H,2-5,14H2,1H3,(H,15,16). The third-order valence-electron chi connectivity index (χ3n) is 3.15. The van der Waals surface area contributed by atoms with E-state index in [0.717, 1.165) is 41.7 Å². The first-order valence-electron chi connectivity index (χ1n) is 5.80. The number of aromatic nitrogens is 1. The van der Waals surface area contributed by atoms with Gasteiger partial charge in [-0.1, -0.05) is 0 Å². The largest absolute Gasteiger partial charge is 0.367 e. The molecule has 3 N–H and O–H groups in total. The number of nitrogens with one attached hydrogen (secondary N) is 1. The Morgan fingerprint density at radius 2 is 2.00 bits per heavy atom. The van der Waals surface area contributed by atoms with E-state index in [1.54, 1.807) is 0 Å². The van der Waals surface area contributed by atoms with Crippen molar-refractivity contribution < 1.29 is 0 Å². The van der Waals surface area contributed by atoms with Gasteiger partial charge in [-0.25, -0.2) is 4.98 Å². The quantitative estimate of drug-likeness (QED) is 0.878. The van der Waals surface area contributed by atoms with Crippen LogP contribution in [0.1, 0.15) is 31.4 Å². The van der Waals surface area contributed by atoms with Gasteiger partial charge in [-0.15, -0.1) is 0 Å². The molecule has 2 rings (SSSR count). The molecule has 0 bridgehead atoms. The lowest BCUT2D eigenvalue weighted by molar-refractivity contribution is 0.410. The maximum atomic E-state index is 5.88. The molecule has 0 aromatic carbocycles. The van der Waals surface area contributed by atoms with Crippen LogP contribution in [0.25, 0.3) is 0 Å². The van der Waals surface area contributed by atoms with Crippen LogP contribution >= 0.6 is 15.9 Å². The van der Waals surface area contributed by atoms with Crippen LogP contribution in [0.5, 0.6) is 0 Å². The average Bonchev–Trinajstić information content (AvgIpc) is 2.27. The molecule has 1 saturated carbocycles. The summed E-state index contributed by atoms with van der Waals surface area (Å²) in [5.74, 6) is 0.973. The van der Waals surface area contributed by atoms with Crippen molar-refractivity contribution in [2.75, 3.05) is 5.32 Å². The van der Waals surface area contributed by atoms with Crippen LogP contribution in [0.4, 0.5) is 5.82 Å². The summed E-state index contributed by atoms with van der Waals surface area (Å²) in [6.07, 6.45) is 4.54. The molecular formula is C12H18BrN3. The molecule has 16 heavy (non-hydrogen) atoms. The predicted molar refractivity (Wildman–Crippen MR) is 70.5 cm³/mol. The Bertz CT molecular complexity index is 359. The molecule has 1 aliphatic carbocycles. The third kappa shape index (κ3) is 2.95. The second kappa shape index (κ2) is 5.15. The maximum Gasteiger partial charge on any atom is 0.126 e. The first-order valence-corrected chi connectivity index (χ1v) is 6.59.